The average molecular weight is 309 g/mol. The molecule has 1 aromatic carbocycles. The smallest absolute Gasteiger partial charge is 0.364 e. The van der Waals surface area contributed by atoms with E-state index in [9.17, 15) is 25.2 Å². The monoisotopic (exact) mass is 309 g/mol. The Morgan fingerprint density at radius 1 is 1.05 bits per heavy atom. The summed E-state index contributed by atoms with van der Waals surface area (Å²) in [5, 5.41) is 39.0. The molecular formula is C14H15NO7. The summed E-state index contributed by atoms with van der Waals surface area (Å²) in [6, 6.07) is 8.89. The fourth-order valence-corrected chi connectivity index (χ4v) is 2.34. The highest BCUT2D eigenvalue weighted by atomic mass is 16.7. The van der Waals surface area contributed by atoms with Gasteiger partial charge in [0, 0.05) is 11.6 Å². The van der Waals surface area contributed by atoms with E-state index < -0.39 is 36.7 Å². The van der Waals surface area contributed by atoms with Gasteiger partial charge in [-0.3, -0.25) is 0 Å². The zero-order valence-electron chi connectivity index (χ0n) is 11.3. The standard InChI is InChI=1S/C14H15NO7/c16-9-10(17)12(21-13(19)11(9)18)14(20)22-15-6-5-7-3-1-2-4-8(7)15/h1-6,9-13,16-19H. The first-order chi connectivity index (χ1) is 10.5. The van der Waals surface area contributed by atoms with Crippen molar-refractivity contribution in [3.05, 3.63) is 36.5 Å². The fourth-order valence-electron chi connectivity index (χ4n) is 2.34. The van der Waals surface area contributed by atoms with Crippen LogP contribution in [0.1, 0.15) is 0 Å². The number of aromatic nitrogens is 1. The Hall–Kier alpha value is -1.97. The average Bonchev–Trinajstić information content (AvgIpc) is 2.92. The SMILES string of the molecule is O=C(On1ccc2ccccc21)C1OC(O)C(O)C(O)C1O. The lowest BCUT2D eigenvalue weighted by Gasteiger charge is -2.36. The number of nitrogens with zero attached hydrogens (tertiary/aromatic N) is 1. The van der Waals surface area contributed by atoms with Gasteiger partial charge in [-0.1, -0.05) is 18.2 Å². The largest absolute Gasteiger partial charge is 0.387 e. The van der Waals surface area contributed by atoms with E-state index in [0.29, 0.717) is 5.52 Å². The van der Waals surface area contributed by atoms with Crippen LogP contribution in [0.3, 0.4) is 0 Å². The Morgan fingerprint density at radius 3 is 2.55 bits per heavy atom. The molecule has 1 aliphatic heterocycles. The Morgan fingerprint density at radius 2 is 1.77 bits per heavy atom. The molecule has 5 atom stereocenters. The molecule has 2 aromatic rings. The predicted molar refractivity (Wildman–Crippen MR) is 72.4 cm³/mol. The van der Waals surface area contributed by atoms with Crippen molar-refractivity contribution >= 4 is 16.9 Å². The number of carbonyl (C=O) groups is 1. The summed E-state index contributed by atoms with van der Waals surface area (Å²) >= 11 is 0. The zero-order chi connectivity index (χ0) is 15.9. The van der Waals surface area contributed by atoms with Crippen molar-refractivity contribution in [1.82, 2.24) is 4.73 Å². The predicted octanol–water partition coefficient (Wildman–Crippen LogP) is -1.60. The highest BCUT2D eigenvalue weighted by Crippen LogP contribution is 2.21. The second-order valence-electron chi connectivity index (χ2n) is 5.03. The maximum absolute atomic E-state index is 12.1. The third kappa shape index (κ3) is 2.47. The topological polar surface area (TPSA) is 121 Å². The minimum atomic E-state index is -1.79. The van der Waals surface area contributed by atoms with Crippen LogP contribution in [0, 0.1) is 0 Å². The summed E-state index contributed by atoms with van der Waals surface area (Å²) in [5.41, 5.74) is 0.627. The first kappa shape index (κ1) is 14.9. The molecule has 8 heteroatoms. The molecule has 22 heavy (non-hydrogen) atoms. The summed E-state index contributed by atoms with van der Waals surface area (Å²) in [5.74, 6) is -1.00. The van der Waals surface area contributed by atoms with Crippen LogP contribution in [0.5, 0.6) is 0 Å². The van der Waals surface area contributed by atoms with Gasteiger partial charge in [0.25, 0.3) is 0 Å². The van der Waals surface area contributed by atoms with E-state index in [4.69, 9.17) is 9.57 Å². The van der Waals surface area contributed by atoms with Crippen LogP contribution in [0.2, 0.25) is 0 Å². The number of carbonyl (C=O) groups excluding carboxylic acids is 1. The Balaban J connectivity index is 1.79. The molecule has 4 N–H and O–H groups in total. The maximum atomic E-state index is 12.1. The van der Waals surface area contributed by atoms with Crippen LogP contribution >= 0.6 is 0 Å². The van der Waals surface area contributed by atoms with Crippen LogP contribution in [-0.2, 0) is 9.53 Å². The van der Waals surface area contributed by atoms with Crippen molar-refractivity contribution in [3.63, 3.8) is 0 Å². The van der Waals surface area contributed by atoms with Crippen molar-refractivity contribution in [2.75, 3.05) is 0 Å². The summed E-state index contributed by atoms with van der Waals surface area (Å²) in [6.45, 7) is 0. The highest BCUT2D eigenvalue weighted by Gasteiger charge is 2.47. The van der Waals surface area contributed by atoms with Crippen LogP contribution < -0.4 is 4.84 Å². The number of fused-ring (bicyclic) bond motifs is 1. The van der Waals surface area contributed by atoms with Gasteiger partial charge in [0.15, 0.2) is 12.4 Å². The third-order valence-corrected chi connectivity index (χ3v) is 3.57. The van der Waals surface area contributed by atoms with E-state index >= 15 is 0 Å². The summed E-state index contributed by atoms with van der Waals surface area (Å²) < 4.78 is 6.00. The minimum Gasteiger partial charge on any atom is -0.387 e. The second-order valence-corrected chi connectivity index (χ2v) is 5.03. The maximum Gasteiger partial charge on any atom is 0.364 e. The molecule has 1 fully saturated rings. The van der Waals surface area contributed by atoms with Crippen molar-refractivity contribution < 1.29 is 34.8 Å². The van der Waals surface area contributed by atoms with Crippen LogP contribution in [-0.4, -0.2) is 61.8 Å². The van der Waals surface area contributed by atoms with E-state index in [2.05, 4.69) is 0 Å². The summed E-state index contributed by atoms with van der Waals surface area (Å²) in [7, 11) is 0. The number of aliphatic hydroxyl groups is 4. The molecule has 118 valence electrons. The molecule has 1 aliphatic rings. The molecule has 8 nitrogen and oxygen atoms in total. The second kappa shape index (κ2) is 5.67. The van der Waals surface area contributed by atoms with Gasteiger partial charge in [-0.2, -0.15) is 4.73 Å². The molecule has 0 bridgehead atoms. The van der Waals surface area contributed by atoms with Crippen molar-refractivity contribution in [2.45, 2.75) is 30.7 Å². The quantitative estimate of drug-likeness (QED) is 0.527. The van der Waals surface area contributed by atoms with Gasteiger partial charge < -0.3 is 30.0 Å². The Bertz CT molecular complexity index is 685. The van der Waals surface area contributed by atoms with Crippen molar-refractivity contribution in [3.8, 4) is 0 Å². The number of benzene rings is 1. The van der Waals surface area contributed by atoms with Crippen LogP contribution in [0.15, 0.2) is 36.5 Å². The number of aliphatic hydroxyl groups excluding tert-OH is 4. The third-order valence-electron chi connectivity index (χ3n) is 3.57. The first-order valence-corrected chi connectivity index (χ1v) is 6.65. The van der Waals surface area contributed by atoms with E-state index in [1.807, 2.05) is 12.1 Å². The van der Waals surface area contributed by atoms with Crippen molar-refractivity contribution in [1.29, 1.82) is 0 Å². The summed E-state index contributed by atoms with van der Waals surface area (Å²) in [6.07, 6.45) is -7.03. The Kier molecular flexibility index (Phi) is 3.85. The number of rotatable bonds is 2. The fraction of sp³-hybridized carbons (Fsp3) is 0.357. The van der Waals surface area contributed by atoms with E-state index in [0.717, 1.165) is 5.39 Å². The normalized spacial score (nSPS) is 32.1. The molecule has 3 rings (SSSR count). The van der Waals surface area contributed by atoms with Gasteiger partial charge in [-0.15, -0.1) is 0 Å². The van der Waals surface area contributed by atoms with Gasteiger partial charge in [0.2, 0.25) is 0 Å². The lowest BCUT2D eigenvalue weighted by Crippen LogP contribution is -2.60. The number of para-hydroxylation sites is 1. The lowest BCUT2D eigenvalue weighted by molar-refractivity contribution is -0.280. The molecule has 2 heterocycles. The van der Waals surface area contributed by atoms with Gasteiger partial charge in [0.05, 0.1) is 5.52 Å². The van der Waals surface area contributed by atoms with Gasteiger partial charge in [0.1, 0.15) is 18.3 Å². The molecule has 0 spiro atoms. The molecule has 0 amide bonds. The molecular weight excluding hydrogens is 294 g/mol. The molecule has 0 radical (unpaired) electrons. The molecule has 1 aromatic heterocycles. The van der Waals surface area contributed by atoms with Crippen LogP contribution in [0.25, 0.3) is 10.9 Å². The number of ether oxygens (including phenoxy) is 1. The van der Waals surface area contributed by atoms with E-state index in [-0.39, 0.29) is 0 Å². The lowest BCUT2D eigenvalue weighted by atomic mass is 9.99. The van der Waals surface area contributed by atoms with Crippen molar-refractivity contribution in [2.24, 2.45) is 0 Å². The molecule has 0 aliphatic carbocycles. The van der Waals surface area contributed by atoms with Crippen LogP contribution in [0.4, 0.5) is 0 Å². The van der Waals surface area contributed by atoms with Gasteiger partial charge in [-0.05, 0) is 12.1 Å². The van der Waals surface area contributed by atoms with Gasteiger partial charge >= 0.3 is 5.97 Å². The van der Waals surface area contributed by atoms with E-state index in [1.165, 1.54) is 10.9 Å². The Labute approximate surface area is 124 Å². The highest BCUT2D eigenvalue weighted by molar-refractivity contribution is 5.81. The zero-order valence-corrected chi connectivity index (χ0v) is 11.3. The van der Waals surface area contributed by atoms with Gasteiger partial charge in [-0.25, -0.2) is 4.79 Å². The molecule has 0 saturated carbocycles. The van der Waals surface area contributed by atoms with E-state index in [1.54, 1.807) is 18.2 Å². The minimum absolute atomic E-state index is 0.627. The number of hydrogen-bond acceptors (Lipinski definition) is 7. The summed E-state index contributed by atoms with van der Waals surface area (Å²) in [4.78, 5) is 17.2. The number of hydrogen-bond donors (Lipinski definition) is 4. The molecule has 1 saturated heterocycles. The first-order valence-electron chi connectivity index (χ1n) is 6.65. The molecule has 5 unspecified atom stereocenters.